The maximum Gasteiger partial charge on any atom is 0.0540 e. The fourth-order valence-corrected chi connectivity index (χ4v) is 9.32. The van der Waals surface area contributed by atoms with Gasteiger partial charge in [-0.05, 0) is 121 Å². The maximum absolute atomic E-state index is 4.64. The van der Waals surface area contributed by atoms with Gasteiger partial charge in [0.2, 0.25) is 0 Å². The fraction of sp³-hybridized carbons (Fsp3) is 0.0566. The molecule has 0 saturated carbocycles. The van der Waals surface area contributed by atoms with Crippen molar-refractivity contribution in [3.8, 4) is 66.8 Å². The summed E-state index contributed by atoms with van der Waals surface area (Å²) in [6.07, 6.45) is 7.82. The second-order valence-corrected chi connectivity index (χ2v) is 15.4. The van der Waals surface area contributed by atoms with Crippen LogP contribution in [0.4, 0.5) is 17.1 Å². The molecule has 3 nitrogen and oxygen atoms in total. The Balaban J connectivity index is 1.23. The monoisotopic (exact) mass is 715 g/mol. The highest BCUT2D eigenvalue weighted by Gasteiger charge is 2.36. The Morgan fingerprint density at radius 2 is 0.964 bits per heavy atom. The molecule has 0 spiro atoms. The number of aromatic nitrogens is 2. The third-order valence-corrected chi connectivity index (χ3v) is 12.0. The number of nitrogens with zero attached hydrogens (tertiary/aromatic N) is 3. The summed E-state index contributed by atoms with van der Waals surface area (Å²) in [5, 5.41) is 2.37. The summed E-state index contributed by atoms with van der Waals surface area (Å²) in [5.41, 5.74) is 20.1. The van der Waals surface area contributed by atoms with E-state index in [0.29, 0.717) is 0 Å². The lowest BCUT2D eigenvalue weighted by molar-refractivity contribution is 0.660. The van der Waals surface area contributed by atoms with Gasteiger partial charge in [-0.3, -0.25) is 9.97 Å². The van der Waals surface area contributed by atoms with E-state index < -0.39 is 0 Å². The van der Waals surface area contributed by atoms with Crippen molar-refractivity contribution in [3.63, 3.8) is 0 Å². The number of anilines is 3. The zero-order valence-corrected chi connectivity index (χ0v) is 31.2. The van der Waals surface area contributed by atoms with Crippen LogP contribution in [0.25, 0.3) is 77.5 Å². The lowest BCUT2D eigenvalue weighted by Gasteiger charge is -2.30. The number of benzene rings is 7. The van der Waals surface area contributed by atoms with Crippen molar-refractivity contribution in [2.24, 2.45) is 0 Å². The van der Waals surface area contributed by atoms with E-state index >= 15 is 0 Å². The number of hydrogen-bond acceptors (Lipinski definition) is 3. The first-order valence-corrected chi connectivity index (χ1v) is 19.3. The summed E-state index contributed by atoms with van der Waals surface area (Å²) in [7, 11) is 0. The molecular formula is C53H37N3. The summed E-state index contributed by atoms with van der Waals surface area (Å²) in [4.78, 5) is 11.8. The first kappa shape index (κ1) is 32.3. The van der Waals surface area contributed by atoms with Crippen molar-refractivity contribution in [2.45, 2.75) is 19.3 Å². The molecule has 7 aromatic carbocycles. The molecule has 56 heavy (non-hydrogen) atoms. The molecule has 264 valence electrons. The van der Waals surface area contributed by atoms with Crippen molar-refractivity contribution in [3.05, 3.63) is 200 Å². The average Bonchev–Trinajstić information content (AvgIpc) is 3.41. The molecule has 0 saturated heterocycles. The van der Waals surface area contributed by atoms with Crippen molar-refractivity contribution in [1.82, 2.24) is 9.97 Å². The molecule has 9 aromatic rings. The number of hydrogen-bond donors (Lipinski definition) is 0. The summed E-state index contributed by atoms with van der Waals surface area (Å²) < 4.78 is 0. The second-order valence-electron chi connectivity index (χ2n) is 15.4. The van der Waals surface area contributed by atoms with E-state index in [0.717, 1.165) is 28.2 Å². The zero-order valence-electron chi connectivity index (χ0n) is 31.2. The highest BCUT2D eigenvalue weighted by molar-refractivity contribution is 6.17. The minimum Gasteiger partial charge on any atom is -0.310 e. The number of pyridine rings is 2. The van der Waals surface area contributed by atoms with E-state index in [1.165, 1.54) is 77.5 Å². The van der Waals surface area contributed by atoms with E-state index in [1.54, 1.807) is 0 Å². The van der Waals surface area contributed by atoms with E-state index in [-0.39, 0.29) is 5.41 Å². The number of fused-ring (bicyclic) bond motifs is 8. The van der Waals surface area contributed by atoms with Gasteiger partial charge >= 0.3 is 0 Å². The van der Waals surface area contributed by atoms with Crippen molar-refractivity contribution in [1.29, 1.82) is 0 Å². The molecule has 3 heteroatoms. The minimum atomic E-state index is -0.153. The van der Waals surface area contributed by atoms with Gasteiger partial charge in [-0.15, -0.1) is 0 Å². The lowest BCUT2D eigenvalue weighted by Crippen LogP contribution is -2.16. The number of rotatable bonds is 5. The van der Waals surface area contributed by atoms with Crippen LogP contribution in [-0.4, -0.2) is 9.97 Å². The van der Waals surface area contributed by atoms with Gasteiger partial charge in [-0.25, -0.2) is 0 Å². The van der Waals surface area contributed by atoms with Gasteiger partial charge in [-0.2, -0.15) is 0 Å². The third-order valence-electron chi connectivity index (χ3n) is 12.0. The molecular weight excluding hydrogens is 679 g/mol. The van der Waals surface area contributed by atoms with Gasteiger partial charge in [0.05, 0.1) is 5.69 Å². The molecule has 0 radical (unpaired) electrons. The SMILES string of the molecule is CC1(C)c2ccccc2-c2ccc(N(c3cc(-c4ccccc4)cc(-c4ccccc4)c3)c3ccc4c5c(cccc35)-c3cnccc3-c3ccncc3-4)cc21. The molecule has 0 N–H and O–H groups in total. The maximum atomic E-state index is 4.64. The van der Waals surface area contributed by atoms with E-state index in [4.69, 9.17) is 0 Å². The van der Waals surface area contributed by atoms with Gasteiger partial charge in [0, 0.05) is 58.1 Å². The Labute approximate surface area is 327 Å². The predicted molar refractivity (Wildman–Crippen MR) is 233 cm³/mol. The summed E-state index contributed by atoms with van der Waals surface area (Å²) in [6.45, 7) is 4.72. The smallest absolute Gasteiger partial charge is 0.0540 e. The first-order chi connectivity index (χ1) is 27.5. The largest absolute Gasteiger partial charge is 0.310 e. The zero-order chi connectivity index (χ0) is 37.4. The molecule has 0 bridgehead atoms. The van der Waals surface area contributed by atoms with Crippen LogP contribution < -0.4 is 4.90 Å². The van der Waals surface area contributed by atoms with Crippen LogP contribution in [0, 0.1) is 0 Å². The molecule has 2 heterocycles. The Morgan fingerprint density at radius 3 is 1.64 bits per heavy atom. The Kier molecular flexibility index (Phi) is 7.20. The Morgan fingerprint density at radius 1 is 0.393 bits per heavy atom. The van der Waals surface area contributed by atoms with Gasteiger partial charge in [0.15, 0.2) is 0 Å². The predicted octanol–water partition coefficient (Wildman–Crippen LogP) is 14.1. The van der Waals surface area contributed by atoms with E-state index in [9.17, 15) is 0 Å². The second kappa shape index (κ2) is 12.5. The van der Waals surface area contributed by atoms with Crippen molar-refractivity contribution in [2.75, 3.05) is 4.90 Å². The van der Waals surface area contributed by atoms with Crippen LogP contribution in [0.1, 0.15) is 25.0 Å². The lowest BCUT2D eigenvalue weighted by atomic mass is 9.82. The molecule has 0 amide bonds. The van der Waals surface area contributed by atoms with Gasteiger partial charge in [-0.1, -0.05) is 129 Å². The van der Waals surface area contributed by atoms with Gasteiger partial charge in [0.25, 0.3) is 0 Å². The highest BCUT2D eigenvalue weighted by atomic mass is 15.1. The van der Waals surface area contributed by atoms with Crippen LogP contribution in [0.3, 0.4) is 0 Å². The van der Waals surface area contributed by atoms with E-state index in [1.807, 2.05) is 24.8 Å². The van der Waals surface area contributed by atoms with Crippen LogP contribution in [0.15, 0.2) is 189 Å². The molecule has 2 aromatic heterocycles. The van der Waals surface area contributed by atoms with E-state index in [2.05, 4.69) is 193 Å². The molecule has 0 fully saturated rings. The highest BCUT2D eigenvalue weighted by Crippen LogP contribution is 2.53. The molecule has 2 aliphatic carbocycles. The van der Waals surface area contributed by atoms with Crippen LogP contribution in [0.5, 0.6) is 0 Å². The summed E-state index contributed by atoms with van der Waals surface area (Å²) >= 11 is 0. The average molecular weight is 716 g/mol. The Bertz CT molecular complexity index is 2890. The summed E-state index contributed by atoms with van der Waals surface area (Å²) in [6, 6.07) is 60.1. The quantitative estimate of drug-likeness (QED) is 0.178. The van der Waals surface area contributed by atoms with Crippen LogP contribution >= 0.6 is 0 Å². The van der Waals surface area contributed by atoms with Crippen molar-refractivity contribution < 1.29 is 0 Å². The molecule has 0 atom stereocenters. The first-order valence-electron chi connectivity index (χ1n) is 19.3. The molecule has 0 unspecified atom stereocenters. The summed E-state index contributed by atoms with van der Waals surface area (Å²) in [5.74, 6) is 0. The molecule has 2 aliphatic rings. The van der Waals surface area contributed by atoms with Crippen LogP contribution in [-0.2, 0) is 5.41 Å². The standard InChI is InChI=1S/C53H37N3/c1-53(2)49-19-10-9-16-42(49)43-21-20-38(31-50(43)53)56(39-29-36(34-12-5-3-6-13-34)28-37(30-39)35-14-7-4-8-15-35)51-23-22-45-48-33-55-27-25-41(48)40-24-26-54-32-47(40)44-17-11-18-46(51)52(44)45/h3-33H,1-2H3. The van der Waals surface area contributed by atoms with Crippen molar-refractivity contribution >= 4 is 27.8 Å². The van der Waals surface area contributed by atoms with Gasteiger partial charge in [0.1, 0.15) is 0 Å². The normalized spacial score (nSPS) is 13.0. The molecule has 0 aliphatic heterocycles. The van der Waals surface area contributed by atoms with Gasteiger partial charge < -0.3 is 4.90 Å². The third kappa shape index (κ3) is 4.91. The molecule has 11 rings (SSSR count). The topological polar surface area (TPSA) is 29.0 Å². The Hall–Kier alpha value is -7.10. The van der Waals surface area contributed by atoms with Crippen LogP contribution in [0.2, 0.25) is 0 Å². The minimum absolute atomic E-state index is 0.153. The fourth-order valence-electron chi connectivity index (χ4n) is 9.32.